The fourth-order valence-corrected chi connectivity index (χ4v) is 3.58. The van der Waals surface area contributed by atoms with Crippen molar-refractivity contribution in [2.45, 2.75) is 0 Å². The van der Waals surface area contributed by atoms with E-state index in [0.29, 0.717) is 10.0 Å². The summed E-state index contributed by atoms with van der Waals surface area (Å²) in [6.45, 7) is 0. The number of hydrogen-bond donors (Lipinski definition) is 1. The molecule has 0 radical (unpaired) electrons. The van der Waals surface area contributed by atoms with Gasteiger partial charge in [0.2, 0.25) is 5.95 Å². The van der Waals surface area contributed by atoms with E-state index in [9.17, 15) is 4.79 Å². The van der Waals surface area contributed by atoms with E-state index < -0.39 is 0 Å². The zero-order valence-electron chi connectivity index (χ0n) is 8.88. The normalized spacial score (nSPS) is 10.7. The molecule has 1 amide bonds. The van der Waals surface area contributed by atoms with Gasteiger partial charge in [0, 0.05) is 15.6 Å². The maximum atomic E-state index is 12.0. The van der Waals surface area contributed by atoms with Crippen molar-refractivity contribution in [3.63, 3.8) is 0 Å². The van der Waals surface area contributed by atoms with Gasteiger partial charge < -0.3 is 0 Å². The average Bonchev–Trinajstić information content (AvgIpc) is 2.88. The summed E-state index contributed by atoms with van der Waals surface area (Å²) in [5.41, 5.74) is 0. The van der Waals surface area contributed by atoms with Crippen LogP contribution in [0.2, 0.25) is 5.15 Å². The molecule has 3 rings (SSSR count). The van der Waals surface area contributed by atoms with E-state index in [4.69, 9.17) is 11.6 Å². The van der Waals surface area contributed by atoms with Gasteiger partial charge in [0.25, 0.3) is 5.91 Å². The second-order valence-electron chi connectivity index (χ2n) is 3.42. The highest BCUT2D eigenvalue weighted by Crippen LogP contribution is 2.30. The quantitative estimate of drug-likeness (QED) is 0.734. The number of nitrogens with zero attached hydrogens (tertiary/aromatic N) is 2. The number of hydrogen-bond acceptors (Lipinski definition) is 5. The molecule has 0 aromatic carbocycles. The van der Waals surface area contributed by atoms with Crippen molar-refractivity contribution in [2.24, 2.45) is 0 Å². The van der Waals surface area contributed by atoms with Gasteiger partial charge in [0.05, 0.1) is 4.88 Å². The highest BCUT2D eigenvalue weighted by molar-refractivity contribution is 7.27. The summed E-state index contributed by atoms with van der Waals surface area (Å²) in [5, 5.41) is 4.92. The molecule has 0 spiro atoms. The predicted molar refractivity (Wildman–Crippen MR) is 74.7 cm³/mol. The second-order valence-corrected chi connectivity index (χ2v) is 5.84. The molecule has 0 fully saturated rings. The SMILES string of the molecule is O=C(Nc1nccc(Cl)n1)c1cc2sccc2s1. The molecular weight excluding hydrogens is 290 g/mol. The van der Waals surface area contributed by atoms with Gasteiger partial charge in [-0.1, -0.05) is 11.6 Å². The van der Waals surface area contributed by atoms with Crippen LogP contribution in [0.4, 0.5) is 5.95 Å². The van der Waals surface area contributed by atoms with Crippen LogP contribution in [0.15, 0.2) is 29.8 Å². The molecule has 0 atom stereocenters. The molecule has 1 N–H and O–H groups in total. The molecular formula is C11H6ClN3OS2. The van der Waals surface area contributed by atoms with Gasteiger partial charge in [0.15, 0.2) is 0 Å². The lowest BCUT2D eigenvalue weighted by Crippen LogP contribution is -2.12. The Bertz CT molecular complexity index is 693. The number of nitrogens with one attached hydrogen (secondary N) is 1. The van der Waals surface area contributed by atoms with Crippen molar-refractivity contribution in [2.75, 3.05) is 5.32 Å². The van der Waals surface area contributed by atoms with Crippen molar-refractivity contribution in [1.29, 1.82) is 0 Å². The molecule has 0 saturated heterocycles. The molecule has 0 aliphatic rings. The summed E-state index contributed by atoms with van der Waals surface area (Å²) in [6.07, 6.45) is 1.50. The van der Waals surface area contributed by atoms with Crippen molar-refractivity contribution in [3.05, 3.63) is 39.8 Å². The van der Waals surface area contributed by atoms with Crippen LogP contribution in [0.3, 0.4) is 0 Å². The summed E-state index contributed by atoms with van der Waals surface area (Å²) in [4.78, 5) is 20.4. The van der Waals surface area contributed by atoms with Crippen molar-refractivity contribution >= 4 is 55.5 Å². The molecule has 0 aliphatic carbocycles. The molecule has 3 aromatic rings. The summed E-state index contributed by atoms with van der Waals surface area (Å²) in [5.74, 6) is -0.00470. The van der Waals surface area contributed by atoms with Crippen LogP contribution in [0.1, 0.15) is 9.67 Å². The van der Waals surface area contributed by atoms with Gasteiger partial charge >= 0.3 is 0 Å². The van der Waals surface area contributed by atoms with Crippen LogP contribution in [0.25, 0.3) is 9.40 Å². The third-order valence-electron chi connectivity index (χ3n) is 2.21. The molecule has 18 heavy (non-hydrogen) atoms. The number of carbonyl (C=O) groups excluding carboxylic acids is 1. The first-order valence-electron chi connectivity index (χ1n) is 4.99. The van der Waals surface area contributed by atoms with E-state index in [0.717, 1.165) is 9.40 Å². The molecule has 3 heterocycles. The third kappa shape index (κ3) is 2.22. The minimum atomic E-state index is -0.217. The van der Waals surface area contributed by atoms with Crippen molar-refractivity contribution < 1.29 is 4.79 Å². The number of carbonyl (C=O) groups is 1. The minimum absolute atomic E-state index is 0.212. The number of fused-ring (bicyclic) bond motifs is 1. The topological polar surface area (TPSA) is 54.9 Å². The van der Waals surface area contributed by atoms with Crippen LogP contribution in [0.5, 0.6) is 0 Å². The van der Waals surface area contributed by atoms with E-state index in [2.05, 4.69) is 15.3 Å². The highest BCUT2D eigenvalue weighted by Gasteiger charge is 2.12. The number of halogens is 1. The van der Waals surface area contributed by atoms with Crippen LogP contribution >= 0.6 is 34.3 Å². The van der Waals surface area contributed by atoms with E-state index in [1.807, 2.05) is 17.5 Å². The summed E-state index contributed by atoms with van der Waals surface area (Å²) in [7, 11) is 0. The molecule has 90 valence electrons. The maximum Gasteiger partial charge on any atom is 0.268 e. The molecule has 0 bridgehead atoms. The van der Waals surface area contributed by atoms with Crippen LogP contribution in [-0.2, 0) is 0 Å². The average molecular weight is 296 g/mol. The van der Waals surface area contributed by atoms with Crippen LogP contribution in [0, 0.1) is 0 Å². The number of amides is 1. The van der Waals surface area contributed by atoms with Gasteiger partial charge in [-0.3, -0.25) is 10.1 Å². The Morgan fingerprint density at radius 3 is 3.00 bits per heavy atom. The minimum Gasteiger partial charge on any atom is -0.290 e. The smallest absolute Gasteiger partial charge is 0.268 e. The highest BCUT2D eigenvalue weighted by atomic mass is 35.5. The Morgan fingerprint density at radius 1 is 1.33 bits per heavy atom. The van der Waals surface area contributed by atoms with Gasteiger partial charge in [-0.2, -0.15) is 0 Å². The Hall–Kier alpha value is -1.50. The molecule has 0 aliphatic heterocycles. The molecule has 0 saturated carbocycles. The summed E-state index contributed by atoms with van der Waals surface area (Å²) < 4.78 is 2.22. The van der Waals surface area contributed by atoms with Crippen LogP contribution in [-0.4, -0.2) is 15.9 Å². The molecule has 0 unspecified atom stereocenters. The Morgan fingerprint density at radius 2 is 2.22 bits per heavy atom. The fourth-order valence-electron chi connectivity index (χ4n) is 1.44. The monoisotopic (exact) mass is 295 g/mol. The van der Waals surface area contributed by atoms with Gasteiger partial charge in [-0.15, -0.1) is 22.7 Å². The standard InChI is InChI=1S/C11H6ClN3OS2/c12-9-1-3-13-11(14-9)15-10(16)8-5-7-6(18-8)2-4-17-7/h1-5H,(H,13,14,15,16). The van der Waals surface area contributed by atoms with Gasteiger partial charge in [-0.05, 0) is 23.6 Å². The Labute approximate surface area is 115 Å². The van der Waals surface area contributed by atoms with E-state index in [1.165, 1.54) is 17.5 Å². The number of aromatic nitrogens is 2. The zero-order chi connectivity index (χ0) is 12.5. The number of anilines is 1. The van der Waals surface area contributed by atoms with E-state index in [-0.39, 0.29) is 11.9 Å². The number of rotatable bonds is 2. The zero-order valence-corrected chi connectivity index (χ0v) is 11.3. The van der Waals surface area contributed by atoms with Gasteiger partial charge in [-0.25, -0.2) is 9.97 Å². The third-order valence-corrected chi connectivity index (χ3v) is 4.51. The van der Waals surface area contributed by atoms with Crippen LogP contribution < -0.4 is 5.32 Å². The lowest BCUT2D eigenvalue weighted by atomic mass is 10.4. The largest absolute Gasteiger partial charge is 0.290 e. The lowest BCUT2D eigenvalue weighted by Gasteiger charge is -2.00. The Kier molecular flexibility index (Phi) is 2.99. The summed E-state index contributed by atoms with van der Waals surface area (Å²) >= 11 is 8.78. The predicted octanol–water partition coefficient (Wildman–Crippen LogP) is 3.66. The maximum absolute atomic E-state index is 12.0. The van der Waals surface area contributed by atoms with Crippen molar-refractivity contribution in [1.82, 2.24) is 9.97 Å². The first-order valence-corrected chi connectivity index (χ1v) is 7.07. The second kappa shape index (κ2) is 4.64. The number of thiophene rings is 2. The molecule has 4 nitrogen and oxygen atoms in total. The fraction of sp³-hybridized carbons (Fsp3) is 0. The Balaban J connectivity index is 1.85. The van der Waals surface area contributed by atoms with Gasteiger partial charge in [0.1, 0.15) is 5.15 Å². The van der Waals surface area contributed by atoms with Crippen molar-refractivity contribution in [3.8, 4) is 0 Å². The van der Waals surface area contributed by atoms with E-state index >= 15 is 0 Å². The lowest BCUT2D eigenvalue weighted by molar-refractivity contribution is 0.103. The summed E-state index contributed by atoms with van der Waals surface area (Å²) in [6, 6.07) is 5.42. The molecule has 3 aromatic heterocycles. The molecule has 7 heteroatoms. The first-order chi connectivity index (χ1) is 8.72. The van der Waals surface area contributed by atoms with E-state index in [1.54, 1.807) is 17.4 Å². The first kappa shape index (κ1) is 11.6.